The largest absolute Gasteiger partial charge is 0.416 e. The van der Waals surface area contributed by atoms with Crippen molar-refractivity contribution in [1.29, 1.82) is 0 Å². The number of amides is 1. The number of carbonyl (C=O) groups excluding carboxylic acids is 1. The first-order valence-corrected chi connectivity index (χ1v) is 10.0. The number of carbonyl (C=O) groups is 1. The number of alkyl halides is 3. The van der Waals surface area contributed by atoms with Gasteiger partial charge in [-0.25, -0.2) is 12.8 Å². The van der Waals surface area contributed by atoms with Gasteiger partial charge in [-0.15, -0.1) is 0 Å². The molecule has 2 rings (SSSR count). The van der Waals surface area contributed by atoms with E-state index in [2.05, 4.69) is 5.32 Å². The first-order valence-electron chi connectivity index (χ1n) is 8.18. The fourth-order valence-electron chi connectivity index (χ4n) is 2.50. The molecule has 0 heterocycles. The highest BCUT2D eigenvalue weighted by atomic mass is 32.2. The first kappa shape index (κ1) is 21.7. The maximum Gasteiger partial charge on any atom is 0.416 e. The van der Waals surface area contributed by atoms with E-state index in [1.165, 1.54) is 30.3 Å². The van der Waals surface area contributed by atoms with Crippen LogP contribution in [0, 0.1) is 5.82 Å². The van der Waals surface area contributed by atoms with Gasteiger partial charge in [-0.3, -0.25) is 9.10 Å². The molecule has 1 N–H and O–H groups in total. The Labute approximate surface area is 160 Å². The van der Waals surface area contributed by atoms with Crippen molar-refractivity contribution in [2.24, 2.45) is 0 Å². The molecule has 0 atom stereocenters. The van der Waals surface area contributed by atoms with Crippen molar-refractivity contribution in [3.63, 3.8) is 0 Å². The minimum atomic E-state index is -4.53. The molecule has 1 amide bonds. The molecule has 0 aliphatic carbocycles. The molecule has 0 unspecified atom stereocenters. The fourth-order valence-corrected chi connectivity index (χ4v) is 3.47. The van der Waals surface area contributed by atoms with Crippen LogP contribution in [0.15, 0.2) is 48.5 Å². The minimum Gasteiger partial charge on any atom is -0.326 e. The number of nitrogens with zero attached hydrogens (tertiary/aromatic N) is 1. The molecule has 0 aliphatic heterocycles. The Balaban J connectivity index is 1.99. The van der Waals surface area contributed by atoms with Crippen LogP contribution in [-0.4, -0.2) is 27.1 Å². The lowest BCUT2D eigenvalue weighted by atomic mass is 10.2. The maximum absolute atomic E-state index is 13.9. The molecule has 0 saturated heterocycles. The average Bonchev–Trinajstić information content (AvgIpc) is 2.58. The van der Waals surface area contributed by atoms with Gasteiger partial charge >= 0.3 is 6.18 Å². The number of anilines is 2. The Kier molecular flexibility index (Phi) is 6.65. The highest BCUT2D eigenvalue weighted by molar-refractivity contribution is 7.92. The molecule has 0 radical (unpaired) electrons. The monoisotopic (exact) mass is 418 g/mol. The molecule has 0 saturated carbocycles. The SMILES string of the molecule is CS(=O)(=O)N(CCCC(=O)Nc1cccc(C(F)(F)F)c1)c1ccccc1F. The van der Waals surface area contributed by atoms with E-state index in [1.807, 2.05) is 0 Å². The predicted molar refractivity (Wildman–Crippen MR) is 97.9 cm³/mol. The third-order valence-corrected chi connectivity index (χ3v) is 4.94. The van der Waals surface area contributed by atoms with Crippen LogP contribution in [0.4, 0.5) is 28.9 Å². The normalized spacial score (nSPS) is 11.9. The van der Waals surface area contributed by atoms with Crippen LogP contribution in [-0.2, 0) is 21.0 Å². The van der Waals surface area contributed by atoms with E-state index in [9.17, 15) is 30.8 Å². The summed E-state index contributed by atoms with van der Waals surface area (Å²) in [5.41, 5.74) is -1.05. The third kappa shape index (κ3) is 5.95. The second-order valence-electron chi connectivity index (χ2n) is 6.02. The summed E-state index contributed by atoms with van der Waals surface area (Å²) in [5, 5.41) is 2.34. The van der Waals surface area contributed by atoms with Crippen molar-refractivity contribution in [3.05, 3.63) is 59.9 Å². The number of para-hydroxylation sites is 1. The molecule has 0 spiro atoms. The molecular formula is C18H18F4N2O3S. The van der Waals surface area contributed by atoms with E-state index in [0.29, 0.717) is 0 Å². The molecule has 0 aromatic heterocycles. The Hall–Kier alpha value is -2.62. The zero-order chi connectivity index (χ0) is 20.9. The lowest BCUT2D eigenvalue weighted by Gasteiger charge is -2.22. The Bertz CT molecular complexity index is 946. The molecule has 2 aromatic rings. The number of halogens is 4. The topological polar surface area (TPSA) is 66.5 Å². The second-order valence-corrected chi connectivity index (χ2v) is 7.92. The van der Waals surface area contributed by atoms with Crippen LogP contribution in [0.3, 0.4) is 0 Å². The number of rotatable bonds is 7. The zero-order valence-electron chi connectivity index (χ0n) is 14.8. The van der Waals surface area contributed by atoms with Crippen molar-refractivity contribution in [3.8, 4) is 0 Å². The van der Waals surface area contributed by atoms with Crippen LogP contribution in [0.1, 0.15) is 18.4 Å². The smallest absolute Gasteiger partial charge is 0.326 e. The van der Waals surface area contributed by atoms with Gasteiger partial charge < -0.3 is 5.32 Å². The van der Waals surface area contributed by atoms with Crippen LogP contribution in [0.2, 0.25) is 0 Å². The second kappa shape index (κ2) is 8.59. The molecule has 5 nitrogen and oxygen atoms in total. The summed E-state index contributed by atoms with van der Waals surface area (Å²) in [4.78, 5) is 12.0. The molecule has 0 aliphatic rings. The van der Waals surface area contributed by atoms with Gasteiger partial charge in [0.25, 0.3) is 0 Å². The Morgan fingerprint density at radius 1 is 1.11 bits per heavy atom. The number of hydrogen-bond acceptors (Lipinski definition) is 3. The van der Waals surface area contributed by atoms with Gasteiger partial charge in [-0.2, -0.15) is 13.2 Å². The van der Waals surface area contributed by atoms with E-state index in [4.69, 9.17) is 0 Å². The molecule has 0 fully saturated rings. The van der Waals surface area contributed by atoms with E-state index >= 15 is 0 Å². The average molecular weight is 418 g/mol. The summed E-state index contributed by atoms with van der Waals surface area (Å²) in [5.74, 6) is -1.30. The van der Waals surface area contributed by atoms with Gasteiger partial charge in [-0.1, -0.05) is 18.2 Å². The first-order chi connectivity index (χ1) is 13.0. The number of sulfonamides is 1. The molecule has 10 heteroatoms. The van der Waals surface area contributed by atoms with Gasteiger partial charge in [-0.05, 0) is 36.8 Å². The summed E-state index contributed by atoms with van der Waals surface area (Å²) in [7, 11) is -3.78. The summed E-state index contributed by atoms with van der Waals surface area (Å²) in [6.45, 7) is -0.157. The summed E-state index contributed by atoms with van der Waals surface area (Å²) in [6, 6.07) is 9.50. The third-order valence-electron chi connectivity index (χ3n) is 3.76. The van der Waals surface area contributed by atoms with Crippen LogP contribution >= 0.6 is 0 Å². The minimum absolute atomic E-state index is 0.0195. The maximum atomic E-state index is 13.9. The molecule has 2 aromatic carbocycles. The van der Waals surface area contributed by atoms with E-state index < -0.39 is 33.5 Å². The highest BCUT2D eigenvalue weighted by Crippen LogP contribution is 2.30. The molecule has 152 valence electrons. The van der Waals surface area contributed by atoms with Crippen LogP contribution in [0.5, 0.6) is 0 Å². The van der Waals surface area contributed by atoms with Crippen molar-refractivity contribution in [1.82, 2.24) is 0 Å². The van der Waals surface area contributed by atoms with E-state index in [-0.39, 0.29) is 30.8 Å². The van der Waals surface area contributed by atoms with E-state index in [1.54, 1.807) is 0 Å². The Morgan fingerprint density at radius 3 is 2.39 bits per heavy atom. The number of nitrogens with one attached hydrogen (secondary N) is 1. The fraction of sp³-hybridized carbons (Fsp3) is 0.278. The van der Waals surface area contributed by atoms with Gasteiger partial charge in [0.2, 0.25) is 15.9 Å². The number of benzene rings is 2. The lowest BCUT2D eigenvalue weighted by Crippen LogP contribution is -2.32. The van der Waals surface area contributed by atoms with Gasteiger partial charge in [0, 0.05) is 18.7 Å². The van der Waals surface area contributed by atoms with Gasteiger partial charge in [0.1, 0.15) is 5.82 Å². The summed E-state index contributed by atoms with van der Waals surface area (Å²) < 4.78 is 76.7. The molecule has 0 bridgehead atoms. The quantitative estimate of drug-likeness (QED) is 0.691. The Morgan fingerprint density at radius 2 is 1.79 bits per heavy atom. The summed E-state index contributed by atoms with van der Waals surface area (Å²) in [6.07, 6.45) is -3.72. The zero-order valence-corrected chi connectivity index (χ0v) is 15.6. The van der Waals surface area contributed by atoms with Crippen molar-refractivity contribution >= 4 is 27.3 Å². The van der Waals surface area contributed by atoms with Gasteiger partial charge in [0.15, 0.2) is 0 Å². The number of hydrogen-bond donors (Lipinski definition) is 1. The molecular weight excluding hydrogens is 400 g/mol. The highest BCUT2D eigenvalue weighted by Gasteiger charge is 2.30. The van der Waals surface area contributed by atoms with Crippen LogP contribution in [0.25, 0.3) is 0 Å². The van der Waals surface area contributed by atoms with E-state index in [0.717, 1.165) is 28.8 Å². The lowest BCUT2D eigenvalue weighted by molar-refractivity contribution is -0.137. The van der Waals surface area contributed by atoms with Crippen molar-refractivity contribution in [2.45, 2.75) is 19.0 Å². The van der Waals surface area contributed by atoms with Gasteiger partial charge in [0.05, 0.1) is 17.5 Å². The van der Waals surface area contributed by atoms with Crippen LogP contribution < -0.4 is 9.62 Å². The van der Waals surface area contributed by atoms with Crippen molar-refractivity contribution in [2.75, 3.05) is 22.4 Å². The van der Waals surface area contributed by atoms with Crippen molar-refractivity contribution < 1.29 is 30.8 Å². The summed E-state index contributed by atoms with van der Waals surface area (Å²) >= 11 is 0. The standard InChI is InChI=1S/C18H18F4N2O3S/c1-28(26,27)24(16-9-3-2-8-15(16)19)11-5-10-17(25)23-14-7-4-6-13(12-14)18(20,21)22/h2-4,6-9,12H,5,10-11H2,1H3,(H,23,25). The molecule has 28 heavy (non-hydrogen) atoms. The predicted octanol–water partition coefficient (Wildman–Crippen LogP) is 4.03.